The predicted octanol–water partition coefficient (Wildman–Crippen LogP) is 2.59. The van der Waals surface area contributed by atoms with Crippen LogP contribution in [-0.4, -0.2) is 79.0 Å². The summed E-state index contributed by atoms with van der Waals surface area (Å²) < 4.78 is 5.40. The molecule has 2 fully saturated rings. The first-order valence-electron chi connectivity index (χ1n) is 11.3. The van der Waals surface area contributed by atoms with Crippen molar-refractivity contribution in [2.24, 2.45) is 0 Å². The van der Waals surface area contributed by atoms with Gasteiger partial charge in [-0.2, -0.15) is 0 Å². The van der Waals surface area contributed by atoms with Crippen molar-refractivity contribution in [1.29, 1.82) is 0 Å². The number of carbonyl (C=O) groups excluding carboxylic acids is 2. The van der Waals surface area contributed by atoms with Crippen LogP contribution in [0.5, 0.6) is 0 Å². The normalized spacial score (nSPS) is 21.1. The first-order chi connectivity index (χ1) is 14.6. The van der Waals surface area contributed by atoms with Gasteiger partial charge in [-0.15, -0.1) is 0 Å². The van der Waals surface area contributed by atoms with E-state index in [0.29, 0.717) is 17.8 Å². The van der Waals surface area contributed by atoms with Crippen molar-refractivity contribution in [3.8, 4) is 0 Å². The van der Waals surface area contributed by atoms with E-state index < -0.39 is 0 Å². The van der Waals surface area contributed by atoms with Gasteiger partial charge >= 0.3 is 0 Å². The smallest absolute Gasteiger partial charge is 0.277 e. The van der Waals surface area contributed by atoms with E-state index in [9.17, 15) is 9.59 Å². The SMILES string of the molecule is Cc1ccc(C2=C(N3CCCCC3)C(=O)N(CCCN3CCOCC3)C2=O)cc1C. The van der Waals surface area contributed by atoms with E-state index in [2.05, 4.69) is 29.7 Å². The second kappa shape index (κ2) is 9.31. The van der Waals surface area contributed by atoms with E-state index >= 15 is 0 Å². The number of piperidine rings is 1. The molecular formula is C24H33N3O3. The van der Waals surface area contributed by atoms with Gasteiger partial charge in [-0.3, -0.25) is 19.4 Å². The Bertz CT molecular complexity index is 836. The molecule has 6 heteroatoms. The summed E-state index contributed by atoms with van der Waals surface area (Å²) in [6.07, 6.45) is 4.13. The molecule has 3 aliphatic heterocycles. The molecule has 0 spiro atoms. The zero-order valence-electron chi connectivity index (χ0n) is 18.3. The number of nitrogens with zero attached hydrogens (tertiary/aromatic N) is 3. The van der Waals surface area contributed by atoms with E-state index in [1.807, 2.05) is 12.1 Å². The third-order valence-corrected chi connectivity index (χ3v) is 6.57. The lowest BCUT2D eigenvalue weighted by molar-refractivity contribution is -0.137. The quantitative estimate of drug-likeness (QED) is 0.674. The topological polar surface area (TPSA) is 53.1 Å². The van der Waals surface area contributed by atoms with E-state index in [0.717, 1.165) is 76.3 Å². The molecule has 0 radical (unpaired) electrons. The molecule has 162 valence electrons. The average Bonchev–Trinajstić information content (AvgIpc) is 3.02. The summed E-state index contributed by atoms with van der Waals surface area (Å²) in [7, 11) is 0. The number of hydrogen-bond acceptors (Lipinski definition) is 5. The van der Waals surface area contributed by atoms with E-state index in [4.69, 9.17) is 4.74 Å². The molecule has 2 saturated heterocycles. The third kappa shape index (κ3) is 4.30. The van der Waals surface area contributed by atoms with Gasteiger partial charge in [-0.05, 0) is 56.2 Å². The minimum absolute atomic E-state index is 0.114. The summed E-state index contributed by atoms with van der Waals surface area (Å²) >= 11 is 0. The summed E-state index contributed by atoms with van der Waals surface area (Å²) in [4.78, 5) is 32.8. The maximum atomic E-state index is 13.4. The molecule has 3 aliphatic rings. The Morgan fingerprint density at radius 3 is 2.30 bits per heavy atom. The van der Waals surface area contributed by atoms with Gasteiger partial charge in [0.05, 0.1) is 18.8 Å². The Kier molecular flexibility index (Phi) is 6.54. The van der Waals surface area contributed by atoms with Crippen molar-refractivity contribution in [2.45, 2.75) is 39.5 Å². The highest BCUT2D eigenvalue weighted by atomic mass is 16.5. The van der Waals surface area contributed by atoms with Crippen LogP contribution in [0.1, 0.15) is 42.4 Å². The third-order valence-electron chi connectivity index (χ3n) is 6.57. The van der Waals surface area contributed by atoms with Crippen LogP contribution >= 0.6 is 0 Å². The molecule has 0 unspecified atom stereocenters. The maximum Gasteiger partial charge on any atom is 0.277 e. The van der Waals surface area contributed by atoms with Crippen molar-refractivity contribution in [3.05, 3.63) is 40.6 Å². The summed E-state index contributed by atoms with van der Waals surface area (Å²) in [6.45, 7) is 10.6. The van der Waals surface area contributed by atoms with Crippen LogP contribution in [0.2, 0.25) is 0 Å². The number of hydrogen-bond donors (Lipinski definition) is 0. The molecular weight excluding hydrogens is 378 g/mol. The molecule has 0 aromatic heterocycles. The number of benzene rings is 1. The molecule has 0 saturated carbocycles. The van der Waals surface area contributed by atoms with Gasteiger partial charge in [0.2, 0.25) is 0 Å². The van der Waals surface area contributed by atoms with E-state index in [1.54, 1.807) is 0 Å². The van der Waals surface area contributed by atoms with Crippen molar-refractivity contribution in [2.75, 3.05) is 52.5 Å². The molecule has 1 aromatic rings. The monoisotopic (exact) mass is 411 g/mol. The van der Waals surface area contributed by atoms with Crippen LogP contribution < -0.4 is 0 Å². The van der Waals surface area contributed by atoms with E-state index in [-0.39, 0.29) is 11.8 Å². The van der Waals surface area contributed by atoms with Gasteiger partial charge in [0, 0.05) is 39.3 Å². The Morgan fingerprint density at radius 2 is 1.60 bits per heavy atom. The molecule has 0 atom stereocenters. The fourth-order valence-corrected chi connectivity index (χ4v) is 4.61. The van der Waals surface area contributed by atoms with Crippen molar-refractivity contribution in [3.63, 3.8) is 0 Å². The van der Waals surface area contributed by atoms with Crippen molar-refractivity contribution < 1.29 is 14.3 Å². The highest BCUT2D eigenvalue weighted by Gasteiger charge is 2.41. The van der Waals surface area contributed by atoms with Crippen LogP contribution in [0.25, 0.3) is 5.57 Å². The number of amides is 2. The van der Waals surface area contributed by atoms with Crippen LogP contribution in [-0.2, 0) is 14.3 Å². The Hall–Kier alpha value is -2.18. The second-order valence-corrected chi connectivity index (χ2v) is 8.64. The molecule has 6 nitrogen and oxygen atoms in total. The number of imide groups is 1. The molecule has 3 heterocycles. The summed E-state index contributed by atoms with van der Waals surface area (Å²) in [5.41, 5.74) is 4.42. The Morgan fingerprint density at radius 1 is 0.867 bits per heavy atom. The number of rotatable bonds is 6. The Balaban J connectivity index is 1.56. The molecule has 2 amide bonds. The number of morpholine rings is 1. The Labute approximate surface area is 179 Å². The molecule has 0 N–H and O–H groups in total. The first-order valence-corrected chi connectivity index (χ1v) is 11.3. The average molecular weight is 412 g/mol. The molecule has 0 bridgehead atoms. The van der Waals surface area contributed by atoms with Crippen LogP contribution in [0.4, 0.5) is 0 Å². The highest BCUT2D eigenvalue weighted by molar-refractivity contribution is 6.35. The summed E-state index contributed by atoms with van der Waals surface area (Å²) in [5.74, 6) is -0.247. The number of carbonyl (C=O) groups is 2. The number of aryl methyl sites for hydroxylation is 2. The zero-order valence-corrected chi connectivity index (χ0v) is 18.3. The van der Waals surface area contributed by atoms with Gasteiger partial charge in [-0.1, -0.05) is 18.2 Å². The fraction of sp³-hybridized carbons (Fsp3) is 0.583. The summed E-state index contributed by atoms with van der Waals surface area (Å²) in [5, 5.41) is 0. The zero-order chi connectivity index (χ0) is 21.1. The lowest BCUT2D eigenvalue weighted by atomic mass is 9.98. The number of ether oxygens (including phenoxy) is 1. The number of likely N-dealkylation sites (tertiary alicyclic amines) is 1. The fourth-order valence-electron chi connectivity index (χ4n) is 4.61. The van der Waals surface area contributed by atoms with Gasteiger partial charge in [0.25, 0.3) is 11.8 Å². The molecule has 30 heavy (non-hydrogen) atoms. The highest BCUT2D eigenvalue weighted by Crippen LogP contribution is 2.34. The summed E-state index contributed by atoms with van der Waals surface area (Å²) in [6, 6.07) is 6.09. The van der Waals surface area contributed by atoms with Crippen LogP contribution in [0, 0.1) is 13.8 Å². The largest absolute Gasteiger partial charge is 0.379 e. The van der Waals surface area contributed by atoms with Crippen LogP contribution in [0.15, 0.2) is 23.9 Å². The predicted molar refractivity (Wildman–Crippen MR) is 117 cm³/mol. The molecule has 1 aromatic carbocycles. The van der Waals surface area contributed by atoms with E-state index in [1.165, 1.54) is 16.9 Å². The van der Waals surface area contributed by atoms with Gasteiger partial charge in [-0.25, -0.2) is 0 Å². The first kappa shape index (κ1) is 21.1. The van der Waals surface area contributed by atoms with Crippen molar-refractivity contribution in [1.82, 2.24) is 14.7 Å². The second-order valence-electron chi connectivity index (χ2n) is 8.64. The van der Waals surface area contributed by atoms with Crippen molar-refractivity contribution >= 4 is 17.4 Å². The minimum atomic E-state index is -0.134. The minimum Gasteiger partial charge on any atom is -0.379 e. The van der Waals surface area contributed by atoms with Crippen LogP contribution in [0.3, 0.4) is 0 Å². The maximum absolute atomic E-state index is 13.4. The standard InChI is InChI=1S/C24H33N3O3/c1-18-7-8-20(17-19(18)2)21-22(26-10-4-3-5-11-26)24(29)27(23(21)28)12-6-9-25-13-15-30-16-14-25/h7-8,17H,3-6,9-16H2,1-2H3. The lowest BCUT2D eigenvalue weighted by Crippen LogP contribution is -2.40. The van der Waals surface area contributed by atoms with Gasteiger partial charge in [0.15, 0.2) is 0 Å². The van der Waals surface area contributed by atoms with Gasteiger partial charge in [0.1, 0.15) is 5.70 Å². The molecule has 0 aliphatic carbocycles. The van der Waals surface area contributed by atoms with Gasteiger partial charge < -0.3 is 9.64 Å². The molecule has 4 rings (SSSR count). The lowest BCUT2D eigenvalue weighted by Gasteiger charge is -2.30.